The quantitative estimate of drug-likeness (QED) is 0.236. The minimum Gasteiger partial charge on any atom is -0.367 e. The average Bonchev–Trinajstić information content (AvgIpc) is 3.56. The monoisotopic (exact) mass is 530 g/mol. The van der Waals surface area contributed by atoms with Crippen LogP contribution in [-0.4, -0.2) is 68.4 Å². The van der Waals surface area contributed by atoms with E-state index >= 15 is 0 Å². The van der Waals surface area contributed by atoms with E-state index in [2.05, 4.69) is 25.0 Å². The van der Waals surface area contributed by atoms with Gasteiger partial charge in [-0.2, -0.15) is 13.2 Å². The van der Waals surface area contributed by atoms with Crippen LogP contribution in [0.3, 0.4) is 0 Å². The molecule has 0 radical (unpaired) electrons. The van der Waals surface area contributed by atoms with Gasteiger partial charge in [0.15, 0.2) is 16.8 Å². The van der Waals surface area contributed by atoms with E-state index in [1.165, 1.54) is 19.1 Å². The molecule has 0 bridgehead atoms. The predicted octanol–water partition coefficient (Wildman–Crippen LogP) is 4.79. The lowest BCUT2D eigenvalue weighted by atomic mass is 10.0. The first kappa shape index (κ1) is 25.7. The van der Waals surface area contributed by atoms with Crippen LogP contribution in [0.25, 0.3) is 11.4 Å². The molecule has 5 rings (SSSR count). The number of hydrogen-bond donors (Lipinski definition) is 0. The number of hydrogen-bond acceptors (Lipinski definition) is 7. The number of halogens is 3. The predicted molar refractivity (Wildman–Crippen MR) is 137 cm³/mol. The number of anilines is 1. The Hall–Kier alpha value is -2.92. The van der Waals surface area contributed by atoms with Gasteiger partial charge in [0.2, 0.25) is 0 Å². The first-order valence-electron chi connectivity index (χ1n) is 12.4. The number of rotatable bonds is 8. The van der Waals surface area contributed by atoms with E-state index in [-0.39, 0.29) is 5.78 Å². The Labute approximate surface area is 218 Å². The molecule has 2 aromatic heterocycles. The molecule has 11 heteroatoms. The van der Waals surface area contributed by atoms with Gasteiger partial charge in [-0.15, -0.1) is 10.2 Å². The maximum Gasteiger partial charge on any atom is 0.416 e. The normalized spacial score (nSPS) is 20.0. The fraction of sp³-hybridized carbons (Fsp3) is 0.462. The Kier molecular flexibility index (Phi) is 7.26. The third-order valence-electron chi connectivity index (χ3n) is 7.22. The number of carbonyl (C=O) groups excluding carboxylic acids is 1. The molecule has 0 N–H and O–H groups in total. The van der Waals surface area contributed by atoms with Gasteiger partial charge < -0.3 is 14.4 Å². The van der Waals surface area contributed by atoms with Gasteiger partial charge in [0.05, 0.1) is 5.56 Å². The van der Waals surface area contributed by atoms with Crippen LogP contribution in [0.1, 0.15) is 35.8 Å². The van der Waals surface area contributed by atoms with Crippen molar-refractivity contribution in [1.29, 1.82) is 0 Å². The number of thioether (sulfide) groups is 1. The maximum absolute atomic E-state index is 12.9. The van der Waals surface area contributed by atoms with Crippen molar-refractivity contribution in [2.45, 2.75) is 37.1 Å². The molecular weight excluding hydrogens is 501 g/mol. The van der Waals surface area contributed by atoms with Gasteiger partial charge in [0, 0.05) is 62.8 Å². The van der Waals surface area contributed by atoms with Crippen LogP contribution in [0.15, 0.2) is 47.8 Å². The number of carbonyl (C=O) groups is 1. The smallest absolute Gasteiger partial charge is 0.367 e. The standard InChI is InChI=1S/C26H29F3N6OS/c1-17(36)22-9-4-18(14-30-22)24-31-32-25(33(24)2)37-13-3-11-34-15-19-10-12-35(23(19)16-34)21-7-5-20(6-8-21)26(27,28)29/h4-9,14,19,23H,3,10-13,15-16H2,1-2H3/t19-,23+/m0/s1. The molecule has 2 saturated heterocycles. The summed E-state index contributed by atoms with van der Waals surface area (Å²) in [5.41, 5.74) is 1.51. The van der Waals surface area contributed by atoms with Crippen molar-refractivity contribution in [2.24, 2.45) is 13.0 Å². The van der Waals surface area contributed by atoms with Crippen molar-refractivity contribution in [1.82, 2.24) is 24.6 Å². The van der Waals surface area contributed by atoms with Crippen molar-refractivity contribution in [3.8, 4) is 11.4 Å². The van der Waals surface area contributed by atoms with Crippen LogP contribution in [-0.2, 0) is 13.2 Å². The highest BCUT2D eigenvalue weighted by Crippen LogP contribution is 2.37. The number of benzene rings is 1. The molecule has 37 heavy (non-hydrogen) atoms. The third kappa shape index (κ3) is 5.52. The lowest BCUT2D eigenvalue weighted by molar-refractivity contribution is -0.137. The lowest BCUT2D eigenvalue weighted by Gasteiger charge is -2.27. The molecule has 3 aromatic rings. The van der Waals surface area contributed by atoms with Crippen LogP contribution in [0.4, 0.5) is 18.9 Å². The summed E-state index contributed by atoms with van der Waals surface area (Å²) >= 11 is 1.66. The van der Waals surface area contributed by atoms with Gasteiger partial charge in [-0.25, -0.2) is 0 Å². The lowest BCUT2D eigenvalue weighted by Crippen LogP contribution is -2.35. The van der Waals surface area contributed by atoms with E-state index in [1.54, 1.807) is 36.2 Å². The highest BCUT2D eigenvalue weighted by Gasteiger charge is 2.41. The second kappa shape index (κ2) is 10.4. The molecular formula is C26H29F3N6OS. The van der Waals surface area contributed by atoms with Crippen LogP contribution < -0.4 is 4.90 Å². The molecule has 2 fully saturated rings. The minimum absolute atomic E-state index is 0.0744. The average molecular weight is 531 g/mol. The minimum atomic E-state index is -4.31. The Morgan fingerprint density at radius 1 is 1.11 bits per heavy atom. The SMILES string of the molecule is CC(=O)c1ccc(-c2nnc(SCCCN3C[C@@H]4CCN(c5ccc(C(F)(F)F)cc5)[C@@H]4C3)n2C)cn1. The van der Waals surface area contributed by atoms with E-state index < -0.39 is 11.7 Å². The van der Waals surface area contributed by atoms with Gasteiger partial charge >= 0.3 is 6.18 Å². The van der Waals surface area contributed by atoms with Crippen LogP contribution >= 0.6 is 11.8 Å². The number of aromatic nitrogens is 4. The van der Waals surface area contributed by atoms with Crippen LogP contribution in [0.2, 0.25) is 0 Å². The summed E-state index contributed by atoms with van der Waals surface area (Å²) in [4.78, 5) is 20.4. The van der Waals surface area contributed by atoms with E-state index in [0.717, 1.165) is 61.2 Å². The number of ketones is 1. The van der Waals surface area contributed by atoms with E-state index in [4.69, 9.17) is 0 Å². The molecule has 2 aliphatic heterocycles. The topological polar surface area (TPSA) is 67.2 Å². The number of fused-ring (bicyclic) bond motifs is 1. The zero-order valence-electron chi connectivity index (χ0n) is 20.8. The first-order valence-corrected chi connectivity index (χ1v) is 13.3. The molecule has 4 heterocycles. The van der Waals surface area contributed by atoms with Gasteiger partial charge in [0.25, 0.3) is 0 Å². The molecule has 0 unspecified atom stereocenters. The zero-order valence-corrected chi connectivity index (χ0v) is 21.6. The number of nitrogens with zero attached hydrogens (tertiary/aromatic N) is 6. The summed E-state index contributed by atoms with van der Waals surface area (Å²) in [6, 6.07) is 9.46. The van der Waals surface area contributed by atoms with Gasteiger partial charge in [-0.05, 0) is 61.7 Å². The summed E-state index contributed by atoms with van der Waals surface area (Å²) in [6.07, 6.45) is -0.588. The number of likely N-dealkylation sites (tertiary alicyclic amines) is 1. The summed E-state index contributed by atoms with van der Waals surface area (Å²) in [5, 5.41) is 9.45. The number of Topliss-reactive ketones (excluding diaryl/α,β-unsaturated/α-hetero) is 1. The van der Waals surface area contributed by atoms with Crippen molar-refractivity contribution >= 4 is 23.2 Å². The molecule has 0 aliphatic carbocycles. The molecule has 7 nitrogen and oxygen atoms in total. The summed E-state index contributed by atoms with van der Waals surface area (Å²) < 4.78 is 40.7. The van der Waals surface area contributed by atoms with Crippen LogP contribution in [0, 0.1) is 5.92 Å². The summed E-state index contributed by atoms with van der Waals surface area (Å²) in [5.74, 6) is 2.09. The van der Waals surface area contributed by atoms with E-state index in [1.807, 2.05) is 17.7 Å². The Balaban J connectivity index is 1.11. The third-order valence-corrected chi connectivity index (χ3v) is 8.32. The number of alkyl halides is 3. The molecule has 1 aromatic carbocycles. The van der Waals surface area contributed by atoms with Gasteiger partial charge in [-0.1, -0.05) is 11.8 Å². The summed E-state index contributed by atoms with van der Waals surface area (Å²) in [7, 11) is 1.92. The molecule has 2 atom stereocenters. The highest BCUT2D eigenvalue weighted by molar-refractivity contribution is 7.99. The maximum atomic E-state index is 12.9. The zero-order chi connectivity index (χ0) is 26.2. The van der Waals surface area contributed by atoms with Crippen molar-refractivity contribution in [3.63, 3.8) is 0 Å². The Morgan fingerprint density at radius 3 is 2.57 bits per heavy atom. The Bertz CT molecular complexity index is 1240. The van der Waals surface area contributed by atoms with Crippen molar-refractivity contribution in [2.75, 3.05) is 36.8 Å². The Morgan fingerprint density at radius 2 is 1.89 bits per heavy atom. The van der Waals surface area contributed by atoms with Crippen molar-refractivity contribution < 1.29 is 18.0 Å². The molecule has 0 amide bonds. The molecule has 0 spiro atoms. The fourth-order valence-corrected chi connectivity index (χ4v) is 6.11. The first-order chi connectivity index (χ1) is 17.7. The highest BCUT2D eigenvalue weighted by atomic mass is 32.2. The van der Waals surface area contributed by atoms with Gasteiger partial charge in [-0.3, -0.25) is 9.78 Å². The van der Waals surface area contributed by atoms with E-state index in [0.29, 0.717) is 23.5 Å². The molecule has 196 valence electrons. The second-order valence-electron chi connectivity index (χ2n) is 9.67. The summed E-state index contributed by atoms with van der Waals surface area (Å²) in [6.45, 7) is 5.33. The molecule has 2 aliphatic rings. The number of pyridine rings is 1. The van der Waals surface area contributed by atoms with Crippen LogP contribution in [0.5, 0.6) is 0 Å². The second-order valence-corrected chi connectivity index (χ2v) is 10.7. The fourth-order valence-electron chi connectivity index (χ4n) is 5.27. The largest absolute Gasteiger partial charge is 0.416 e. The van der Waals surface area contributed by atoms with E-state index in [9.17, 15) is 18.0 Å². The van der Waals surface area contributed by atoms with Crippen molar-refractivity contribution in [3.05, 3.63) is 53.9 Å². The van der Waals surface area contributed by atoms with Gasteiger partial charge in [0.1, 0.15) is 5.69 Å². The molecule has 0 saturated carbocycles.